The second-order valence-corrected chi connectivity index (χ2v) is 15.8. The fraction of sp³-hybridized carbons (Fsp3) is 0.263. The van der Waals surface area contributed by atoms with Crippen LogP contribution in [0.3, 0.4) is 0 Å². The predicted octanol–water partition coefficient (Wildman–Crippen LogP) is 6.13. The SMILES string of the molecule is CCCCc1ccc(S(=O)(=O)Nc2ccc(NC(=O)CCNC(=O)c3ccc(NS(=O)(=O)c4ccc(CCCC)cc4)c(C(=O)O)c3)cc2C(=O)O)cc1. The number of carbonyl (C=O) groups excluding carboxylic acids is 2. The van der Waals surface area contributed by atoms with Crippen molar-refractivity contribution in [2.75, 3.05) is 21.3 Å². The third-order valence-electron chi connectivity index (χ3n) is 8.28. The molecule has 0 aliphatic rings. The molecule has 0 heterocycles. The molecule has 0 aliphatic heterocycles. The Morgan fingerprint density at radius 2 is 1.07 bits per heavy atom. The van der Waals surface area contributed by atoms with Crippen molar-refractivity contribution in [2.45, 2.75) is 68.6 Å². The van der Waals surface area contributed by atoms with Gasteiger partial charge in [0.2, 0.25) is 5.91 Å². The van der Waals surface area contributed by atoms with E-state index < -0.39 is 54.9 Å². The molecule has 16 heteroatoms. The number of carboxylic acid groups (broad SMARTS) is 2. The summed E-state index contributed by atoms with van der Waals surface area (Å²) >= 11 is 0. The van der Waals surface area contributed by atoms with Gasteiger partial charge in [0.25, 0.3) is 26.0 Å². The van der Waals surface area contributed by atoms with Gasteiger partial charge in [-0.15, -0.1) is 0 Å². The van der Waals surface area contributed by atoms with Crippen LogP contribution in [-0.2, 0) is 37.7 Å². The zero-order valence-electron chi connectivity index (χ0n) is 29.7. The molecule has 286 valence electrons. The molecule has 0 unspecified atom stereocenters. The van der Waals surface area contributed by atoms with Crippen LogP contribution in [0.2, 0.25) is 0 Å². The van der Waals surface area contributed by atoms with Crippen LogP contribution < -0.4 is 20.1 Å². The number of aryl methyl sites for hydroxylation is 2. The molecule has 4 rings (SSSR count). The summed E-state index contributed by atoms with van der Waals surface area (Å²) in [6.45, 7) is 3.90. The highest BCUT2D eigenvalue weighted by atomic mass is 32.2. The average molecular weight is 779 g/mol. The van der Waals surface area contributed by atoms with Gasteiger partial charge in [-0.25, -0.2) is 26.4 Å². The van der Waals surface area contributed by atoms with E-state index in [1.54, 1.807) is 24.3 Å². The van der Waals surface area contributed by atoms with Crippen molar-refractivity contribution in [1.29, 1.82) is 0 Å². The Bertz CT molecular complexity index is 2220. The van der Waals surface area contributed by atoms with Gasteiger partial charge in [-0.3, -0.25) is 19.0 Å². The first-order chi connectivity index (χ1) is 25.6. The van der Waals surface area contributed by atoms with Crippen LogP contribution in [-0.4, -0.2) is 57.3 Å². The number of amides is 2. The normalized spacial score (nSPS) is 11.4. The van der Waals surface area contributed by atoms with Gasteiger partial charge in [0.1, 0.15) is 0 Å². The van der Waals surface area contributed by atoms with Crippen LogP contribution in [0.1, 0.15) is 88.2 Å². The predicted molar refractivity (Wildman–Crippen MR) is 204 cm³/mol. The number of unbranched alkanes of at least 4 members (excludes halogenated alkanes) is 2. The van der Waals surface area contributed by atoms with Crippen molar-refractivity contribution in [1.82, 2.24) is 5.32 Å². The quantitative estimate of drug-likeness (QED) is 0.0639. The number of sulfonamides is 2. The van der Waals surface area contributed by atoms with Gasteiger partial charge in [-0.1, -0.05) is 51.0 Å². The Morgan fingerprint density at radius 3 is 1.54 bits per heavy atom. The minimum Gasteiger partial charge on any atom is -0.478 e. The van der Waals surface area contributed by atoms with E-state index in [0.29, 0.717) is 0 Å². The van der Waals surface area contributed by atoms with Crippen LogP contribution >= 0.6 is 0 Å². The maximum absolute atomic E-state index is 13.0. The second-order valence-electron chi connectivity index (χ2n) is 12.4. The van der Waals surface area contributed by atoms with Gasteiger partial charge >= 0.3 is 11.9 Å². The van der Waals surface area contributed by atoms with Crippen LogP contribution in [0, 0.1) is 0 Å². The summed E-state index contributed by atoms with van der Waals surface area (Å²) in [4.78, 5) is 49.4. The fourth-order valence-electron chi connectivity index (χ4n) is 5.29. The minimum atomic E-state index is -4.14. The highest BCUT2D eigenvalue weighted by molar-refractivity contribution is 7.93. The highest BCUT2D eigenvalue weighted by Crippen LogP contribution is 2.26. The molecule has 0 atom stereocenters. The molecule has 0 aromatic heterocycles. The molecule has 0 spiro atoms. The van der Waals surface area contributed by atoms with E-state index in [1.807, 2.05) is 6.92 Å². The molecule has 0 fully saturated rings. The van der Waals surface area contributed by atoms with E-state index >= 15 is 0 Å². The summed E-state index contributed by atoms with van der Waals surface area (Å²) in [5, 5.41) is 24.5. The summed E-state index contributed by atoms with van der Waals surface area (Å²) in [6, 6.07) is 19.6. The van der Waals surface area contributed by atoms with Crippen LogP contribution in [0.4, 0.5) is 17.1 Å². The first-order valence-electron chi connectivity index (χ1n) is 17.2. The molecule has 0 saturated heterocycles. The molecule has 0 saturated carbocycles. The Kier molecular flexibility index (Phi) is 13.9. The van der Waals surface area contributed by atoms with E-state index in [0.717, 1.165) is 67.9 Å². The largest absolute Gasteiger partial charge is 0.478 e. The lowest BCUT2D eigenvalue weighted by molar-refractivity contribution is -0.116. The molecule has 14 nitrogen and oxygen atoms in total. The molecule has 54 heavy (non-hydrogen) atoms. The molecule has 4 aromatic carbocycles. The molecular weight excluding hydrogens is 737 g/mol. The Labute approximate surface area is 314 Å². The molecule has 0 bridgehead atoms. The summed E-state index contributed by atoms with van der Waals surface area (Å²) in [5.41, 5.74) is 0.567. The van der Waals surface area contributed by atoms with E-state index in [9.17, 15) is 46.2 Å². The summed E-state index contributed by atoms with van der Waals surface area (Å²) in [5.74, 6) is -4.27. The van der Waals surface area contributed by atoms with Crippen LogP contribution in [0.5, 0.6) is 0 Å². The molecule has 0 radical (unpaired) electrons. The molecular formula is C38H42N4O10S2. The zero-order chi connectivity index (χ0) is 39.5. The zero-order valence-corrected chi connectivity index (χ0v) is 31.3. The first kappa shape index (κ1) is 41.0. The number of carbonyl (C=O) groups is 4. The smallest absolute Gasteiger partial charge is 0.337 e. The third-order valence-corrected chi connectivity index (χ3v) is 11.0. The number of rotatable bonds is 19. The van der Waals surface area contributed by atoms with E-state index in [2.05, 4.69) is 27.0 Å². The van der Waals surface area contributed by atoms with Gasteiger partial charge in [-0.05, 0) is 97.5 Å². The number of carboxylic acids is 2. The maximum atomic E-state index is 13.0. The average Bonchev–Trinajstić information content (AvgIpc) is 3.13. The summed E-state index contributed by atoms with van der Waals surface area (Å²) in [7, 11) is -8.27. The van der Waals surface area contributed by atoms with Crippen molar-refractivity contribution < 1.29 is 46.2 Å². The molecule has 0 aliphatic carbocycles. The van der Waals surface area contributed by atoms with Gasteiger partial charge < -0.3 is 20.8 Å². The Balaban J connectivity index is 1.35. The van der Waals surface area contributed by atoms with Gasteiger partial charge in [0.15, 0.2) is 0 Å². The Hall–Kier alpha value is -5.74. The fourth-order valence-corrected chi connectivity index (χ4v) is 7.45. The van der Waals surface area contributed by atoms with Crippen molar-refractivity contribution in [2.24, 2.45) is 0 Å². The first-order valence-corrected chi connectivity index (χ1v) is 20.2. The summed E-state index contributed by atoms with van der Waals surface area (Å²) < 4.78 is 56.5. The summed E-state index contributed by atoms with van der Waals surface area (Å²) in [6.07, 6.45) is 5.23. The van der Waals surface area contributed by atoms with E-state index in [-0.39, 0.29) is 45.4 Å². The second kappa shape index (κ2) is 18.3. The monoisotopic (exact) mass is 778 g/mol. The van der Waals surface area contributed by atoms with Crippen molar-refractivity contribution >= 4 is 60.9 Å². The Morgan fingerprint density at radius 1 is 0.611 bits per heavy atom. The number of aromatic carboxylic acids is 2. The van der Waals surface area contributed by atoms with Gasteiger partial charge in [-0.2, -0.15) is 0 Å². The molecule has 2 amide bonds. The lowest BCUT2D eigenvalue weighted by atomic mass is 10.1. The lowest BCUT2D eigenvalue weighted by Crippen LogP contribution is -2.28. The molecule has 6 N–H and O–H groups in total. The van der Waals surface area contributed by atoms with E-state index in [4.69, 9.17) is 0 Å². The number of benzene rings is 4. The van der Waals surface area contributed by atoms with Gasteiger partial charge in [0.05, 0.1) is 32.3 Å². The third kappa shape index (κ3) is 11.1. The number of hydrogen-bond donors (Lipinski definition) is 6. The van der Waals surface area contributed by atoms with Crippen LogP contribution in [0.15, 0.2) is 94.7 Å². The van der Waals surface area contributed by atoms with Crippen molar-refractivity contribution in [3.63, 3.8) is 0 Å². The topological polar surface area (TPSA) is 225 Å². The molecule has 4 aromatic rings. The van der Waals surface area contributed by atoms with E-state index in [1.165, 1.54) is 42.5 Å². The minimum absolute atomic E-state index is 0.0441. The van der Waals surface area contributed by atoms with Crippen molar-refractivity contribution in [3.8, 4) is 0 Å². The lowest BCUT2D eigenvalue weighted by Gasteiger charge is -2.14. The van der Waals surface area contributed by atoms with Crippen molar-refractivity contribution in [3.05, 3.63) is 113 Å². The number of hydrogen-bond acceptors (Lipinski definition) is 8. The maximum Gasteiger partial charge on any atom is 0.337 e. The van der Waals surface area contributed by atoms with Crippen LogP contribution in [0.25, 0.3) is 0 Å². The number of nitrogens with one attached hydrogen (secondary N) is 4. The highest BCUT2D eigenvalue weighted by Gasteiger charge is 2.22. The number of anilines is 3. The standard InChI is InChI=1S/C38H42N4O10S2/c1-3-5-7-25-9-15-29(16-10-25)53(49,50)41-33-19-13-27(23-31(33)37(45)46)36(44)39-22-21-35(43)40-28-14-20-34(32(24-28)38(47)48)42-54(51,52)30-17-11-26(12-18-30)8-6-4-2/h9-20,23-24,41-42H,3-8,21-22H2,1-2H3,(H,39,44)(H,40,43)(H,45,46)(H,47,48). The van der Waals surface area contributed by atoms with Gasteiger partial charge in [0, 0.05) is 24.2 Å².